The largest absolute Gasteiger partial charge is 0.497 e. The smallest absolute Gasteiger partial charge is 0.173 e. The molecule has 0 amide bonds. The summed E-state index contributed by atoms with van der Waals surface area (Å²) in [4.78, 5) is 23.9. The van der Waals surface area contributed by atoms with Crippen LogP contribution in [-0.4, -0.2) is 25.8 Å². The van der Waals surface area contributed by atoms with Gasteiger partial charge in [-0.3, -0.25) is 9.59 Å². The van der Waals surface area contributed by atoms with Crippen molar-refractivity contribution in [2.24, 2.45) is 0 Å². The Bertz CT molecular complexity index is 466. The molecule has 0 aliphatic carbocycles. The topological polar surface area (TPSA) is 52.6 Å². The number of hydrogen-bond donors (Lipinski definition) is 0. The molecule has 0 aromatic heterocycles. The minimum Gasteiger partial charge on any atom is -0.497 e. The van der Waals surface area contributed by atoms with E-state index in [4.69, 9.17) is 9.47 Å². The zero-order valence-corrected chi connectivity index (χ0v) is 12.4. The van der Waals surface area contributed by atoms with E-state index in [-0.39, 0.29) is 18.0 Å². The van der Waals surface area contributed by atoms with E-state index >= 15 is 0 Å². The summed E-state index contributed by atoms with van der Waals surface area (Å²) >= 11 is 0. The third kappa shape index (κ3) is 4.68. The Balaban J connectivity index is 2.69. The van der Waals surface area contributed by atoms with Gasteiger partial charge in [0.15, 0.2) is 5.78 Å². The van der Waals surface area contributed by atoms with Gasteiger partial charge in [0.1, 0.15) is 17.3 Å². The lowest BCUT2D eigenvalue weighted by atomic mass is 10.0. The van der Waals surface area contributed by atoms with E-state index in [1.165, 1.54) is 7.11 Å². The number of ketones is 2. The average molecular weight is 278 g/mol. The minimum atomic E-state index is -0.203. The summed E-state index contributed by atoms with van der Waals surface area (Å²) < 4.78 is 10.3. The second kappa shape index (κ2) is 8.35. The maximum absolute atomic E-state index is 12.1. The summed E-state index contributed by atoms with van der Waals surface area (Å²) in [6, 6.07) is 4.98. The molecule has 1 rings (SSSR count). The second-order valence-electron chi connectivity index (χ2n) is 4.66. The molecule has 0 spiro atoms. The fourth-order valence-electron chi connectivity index (χ4n) is 1.96. The lowest BCUT2D eigenvalue weighted by Gasteiger charge is -2.09. The molecule has 4 heteroatoms. The highest BCUT2D eigenvalue weighted by Gasteiger charge is 2.16. The highest BCUT2D eigenvalue weighted by atomic mass is 16.5. The molecule has 0 heterocycles. The quantitative estimate of drug-likeness (QED) is 0.394. The fraction of sp³-hybridized carbons (Fsp3) is 0.500. The van der Waals surface area contributed by atoms with Crippen molar-refractivity contribution < 1.29 is 19.1 Å². The molecule has 0 N–H and O–H groups in total. The SMILES string of the molecule is CCCCCC(=O)CC(=O)c1ccc(OC)cc1OC. The Labute approximate surface area is 120 Å². The first kappa shape index (κ1) is 16.2. The monoisotopic (exact) mass is 278 g/mol. The van der Waals surface area contributed by atoms with Gasteiger partial charge >= 0.3 is 0 Å². The van der Waals surface area contributed by atoms with Crippen molar-refractivity contribution in [1.29, 1.82) is 0 Å². The Kier molecular flexibility index (Phi) is 6.77. The van der Waals surface area contributed by atoms with Crippen LogP contribution in [0.5, 0.6) is 11.5 Å². The number of carbonyl (C=O) groups is 2. The number of benzene rings is 1. The first-order chi connectivity index (χ1) is 9.62. The van der Waals surface area contributed by atoms with Crippen LogP contribution in [0.1, 0.15) is 49.4 Å². The maximum atomic E-state index is 12.1. The van der Waals surface area contributed by atoms with Gasteiger partial charge in [-0.1, -0.05) is 19.8 Å². The third-order valence-corrected chi connectivity index (χ3v) is 3.13. The number of carbonyl (C=O) groups excluding carboxylic acids is 2. The molecule has 0 atom stereocenters. The zero-order valence-electron chi connectivity index (χ0n) is 12.4. The van der Waals surface area contributed by atoms with Gasteiger partial charge in [0.25, 0.3) is 0 Å². The van der Waals surface area contributed by atoms with Gasteiger partial charge in [0, 0.05) is 12.5 Å². The zero-order chi connectivity index (χ0) is 15.0. The molecular weight excluding hydrogens is 256 g/mol. The third-order valence-electron chi connectivity index (χ3n) is 3.13. The predicted octanol–water partition coefficient (Wildman–Crippen LogP) is 3.43. The van der Waals surface area contributed by atoms with Crippen LogP contribution in [0, 0.1) is 0 Å². The Hall–Kier alpha value is -1.84. The molecule has 1 aromatic carbocycles. The number of unbranched alkanes of at least 4 members (excludes halogenated alkanes) is 2. The summed E-state index contributed by atoms with van der Waals surface area (Å²) in [6.07, 6.45) is 3.34. The van der Waals surface area contributed by atoms with Gasteiger partial charge in [0.2, 0.25) is 0 Å². The summed E-state index contributed by atoms with van der Waals surface area (Å²) in [5, 5.41) is 0. The van der Waals surface area contributed by atoms with Gasteiger partial charge in [0.05, 0.1) is 26.2 Å². The predicted molar refractivity (Wildman–Crippen MR) is 77.6 cm³/mol. The van der Waals surface area contributed by atoms with Crippen LogP contribution in [0.2, 0.25) is 0 Å². The number of rotatable bonds is 9. The standard InChI is InChI=1S/C16H22O4/c1-4-5-6-7-12(17)10-15(18)14-9-8-13(19-2)11-16(14)20-3/h8-9,11H,4-7,10H2,1-3H3. The molecular formula is C16H22O4. The van der Waals surface area contributed by atoms with Crippen LogP contribution in [0.15, 0.2) is 18.2 Å². The minimum absolute atomic E-state index is 0.0127. The highest BCUT2D eigenvalue weighted by Crippen LogP contribution is 2.25. The van der Waals surface area contributed by atoms with E-state index in [1.807, 2.05) is 0 Å². The first-order valence-corrected chi connectivity index (χ1v) is 6.89. The van der Waals surface area contributed by atoms with Crippen LogP contribution in [0.4, 0.5) is 0 Å². The van der Waals surface area contributed by atoms with Gasteiger partial charge in [-0.05, 0) is 18.6 Å². The van der Waals surface area contributed by atoms with E-state index in [9.17, 15) is 9.59 Å². The molecule has 110 valence electrons. The molecule has 0 unspecified atom stereocenters. The molecule has 0 fully saturated rings. The fourth-order valence-corrected chi connectivity index (χ4v) is 1.96. The van der Waals surface area contributed by atoms with Crippen LogP contribution in [-0.2, 0) is 4.79 Å². The molecule has 0 aliphatic rings. The van der Waals surface area contributed by atoms with Crippen LogP contribution in [0.25, 0.3) is 0 Å². The molecule has 0 bridgehead atoms. The average Bonchev–Trinajstić information content (AvgIpc) is 2.46. The van der Waals surface area contributed by atoms with E-state index in [0.717, 1.165) is 19.3 Å². The van der Waals surface area contributed by atoms with Crippen LogP contribution in [0.3, 0.4) is 0 Å². The van der Waals surface area contributed by atoms with Gasteiger partial charge in [-0.2, -0.15) is 0 Å². The van der Waals surface area contributed by atoms with Crippen molar-refractivity contribution in [3.63, 3.8) is 0 Å². The number of ether oxygens (including phenoxy) is 2. The lowest BCUT2D eigenvalue weighted by molar-refractivity contribution is -0.118. The van der Waals surface area contributed by atoms with Crippen molar-refractivity contribution in [1.82, 2.24) is 0 Å². The van der Waals surface area contributed by atoms with Crippen molar-refractivity contribution in [3.8, 4) is 11.5 Å². The molecule has 4 nitrogen and oxygen atoms in total. The molecule has 0 saturated carbocycles. The van der Waals surface area contributed by atoms with Crippen molar-refractivity contribution in [3.05, 3.63) is 23.8 Å². The second-order valence-corrected chi connectivity index (χ2v) is 4.66. The number of Topliss-reactive ketones (excluding diaryl/α,β-unsaturated/α-hetero) is 2. The highest BCUT2D eigenvalue weighted by molar-refractivity contribution is 6.09. The van der Waals surface area contributed by atoms with Crippen molar-refractivity contribution in [2.45, 2.75) is 39.0 Å². The number of methoxy groups -OCH3 is 2. The lowest BCUT2D eigenvalue weighted by Crippen LogP contribution is -2.09. The summed E-state index contributed by atoms with van der Waals surface area (Å²) in [5.41, 5.74) is 0.428. The van der Waals surface area contributed by atoms with E-state index < -0.39 is 0 Å². The van der Waals surface area contributed by atoms with Crippen molar-refractivity contribution in [2.75, 3.05) is 14.2 Å². The van der Waals surface area contributed by atoms with Crippen LogP contribution >= 0.6 is 0 Å². The summed E-state index contributed by atoms with van der Waals surface area (Å²) in [7, 11) is 3.04. The Morgan fingerprint density at radius 3 is 2.45 bits per heavy atom. The van der Waals surface area contributed by atoms with E-state index in [0.29, 0.717) is 23.5 Å². The normalized spacial score (nSPS) is 10.2. The summed E-state index contributed by atoms with van der Waals surface area (Å²) in [6.45, 7) is 2.08. The summed E-state index contributed by atoms with van der Waals surface area (Å²) in [5.74, 6) is 0.843. The Morgan fingerprint density at radius 1 is 1.10 bits per heavy atom. The van der Waals surface area contributed by atoms with Crippen molar-refractivity contribution >= 4 is 11.6 Å². The molecule has 0 radical (unpaired) electrons. The van der Waals surface area contributed by atoms with Gasteiger partial charge < -0.3 is 9.47 Å². The first-order valence-electron chi connectivity index (χ1n) is 6.89. The van der Waals surface area contributed by atoms with Gasteiger partial charge in [-0.25, -0.2) is 0 Å². The molecule has 0 aliphatic heterocycles. The Morgan fingerprint density at radius 2 is 1.85 bits per heavy atom. The van der Waals surface area contributed by atoms with Gasteiger partial charge in [-0.15, -0.1) is 0 Å². The van der Waals surface area contributed by atoms with E-state index in [2.05, 4.69) is 6.92 Å². The number of hydrogen-bond acceptors (Lipinski definition) is 4. The molecule has 20 heavy (non-hydrogen) atoms. The molecule has 0 saturated heterocycles. The van der Waals surface area contributed by atoms with E-state index in [1.54, 1.807) is 25.3 Å². The maximum Gasteiger partial charge on any atom is 0.173 e. The molecule has 1 aromatic rings. The van der Waals surface area contributed by atoms with Crippen LogP contribution < -0.4 is 9.47 Å².